The highest BCUT2D eigenvalue weighted by Gasteiger charge is 2.35. The normalized spacial score (nSPS) is 14.8. The summed E-state index contributed by atoms with van der Waals surface area (Å²) in [4.78, 5) is 17.6. The van der Waals surface area contributed by atoms with E-state index < -0.39 is 0 Å². The minimum Gasteiger partial charge on any atom is -0.382 e. The molecular formula is C20H21N5O. The molecule has 0 spiro atoms. The average molecular weight is 347 g/mol. The van der Waals surface area contributed by atoms with E-state index in [-0.39, 0.29) is 11.9 Å². The number of aromatic amines is 1. The molecule has 0 bridgehead atoms. The lowest BCUT2D eigenvalue weighted by Crippen LogP contribution is -2.31. The van der Waals surface area contributed by atoms with Crippen LogP contribution in [0.1, 0.15) is 40.8 Å². The van der Waals surface area contributed by atoms with Crippen LogP contribution in [-0.2, 0) is 0 Å². The quantitative estimate of drug-likeness (QED) is 0.660. The van der Waals surface area contributed by atoms with Gasteiger partial charge < -0.3 is 11.1 Å². The van der Waals surface area contributed by atoms with Crippen LogP contribution in [0.4, 0.5) is 5.82 Å². The van der Waals surface area contributed by atoms with Gasteiger partial charge in [0.1, 0.15) is 5.69 Å². The number of carbonyl (C=O) groups is 1. The van der Waals surface area contributed by atoms with E-state index in [2.05, 4.69) is 20.5 Å². The highest BCUT2D eigenvalue weighted by molar-refractivity contribution is 6.01. The van der Waals surface area contributed by atoms with Crippen LogP contribution in [0, 0.1) is 12.8 Å². The van der Waals surface area contributed by atoms with E-state index in [0.29, 0.717) is 23.0 Å². The fourth-order valence-electron chi connectivity index (χ4n) is 3.23. The number of amides is 1. The lowest BCUT2D eigenvalue weighted by molar-refractivity contribution is 0.0926. The van der Waals surface area contributed by atoms with E-state index in [9.17, 15) is 4.79 Å². The molecule has 0 unspecified atom stereocenters. The third-order valence-electron chi connectivity index (χ3n) is 4.69. The molecule has 1 aliphatic carbocycles. The van der Waals surface area contributed by atoms with Crippen LogP contribution in [0.25, 0.3) is 11.1 Å². The fraction of sp³-hybridized carbons (Fsp3) is 0.250. The van der Waals surface area contributed by atoms with Gasteiger partial charge in [-0.15, -0.1) is 0 Å². The van der Waals surface area contributed by atoms with Crippen molar-refractivity contribution in [2.24, 2.45) is 5.92 Å². The number of pyridine rings is 1. The zero-order valence-electron chi connectivity index (χ0n) is 14.6. The first kappa shape index (κ1) is 16.3. The molecule has 2 aromatic heterocycles. The first-order chi connectivity index (χ1) is 12.6. The predicted molar refractivity (Wildman–Crippen MR) is 100 cm³/mol. The van der Waals surface area contributed by atoms with Gasteiger partial charge in [-0.2, -0.15) is 5.10 Å². The summed E-state index contributed by atoms with van der Waals surface area (Å²) < 4.78 is 0. The standard InChI is InChI=1S/C20H21N5O/c1-12-6-5-9-15(22-12)17(14-10-11-14)23-20(26)18-16(19(21)25-24-18)13-7-3-2-4-8-13/h2-9,14,17H,10-11H2,1H3,(H,23,26)(H3,21,24,25)/t17-/m1/s1. The summed E-state index contributed by atoms with van der Waals surface area (Å²) in [5, 5.41) is 9.97. The number of nitrogens with zero attached hydrogens (tertiary/aromatic N) is 2. The smallest absolute Gasteiger partial charge is 0.270 e. The van der Waals surface area contributed by atoms with Gasteiger partial charge in [0.05, 0.1) is 17.3 Å². The Kier molecular flexibility index (Phi) is 4.16. The Morgan fingerprint density at radius 2 is 1.96 bits per heavy atom. The third-order valence-corrected chi connectivity index (χ3v) is 4.69. The first-order valence-corrected chi connectivity index (χ1v) is 8.77. The molecule has 4 rings (SSSR count). The predicted octanol–water partition coefficient (Wildman–Crippen LogP) is 3.24. The van der Waals surface area contributed by atoms with Crippen LogP contribution < -0.4 is 11.1 Å². The van der Waals surface area contributed by atoms with Crippen LogP contribution in [0.2, 0.25) is 0 Å². The molecule has 1 aromatic carbocycles. The van der Waals surface area contributed by atoms with Gasteiger partial charge in [0.25, 0.3) is 5.91 Å². The summed E-state index contributed by atoms with van der Waals surface area (Å²) >= 11 is 0. The molecule has 6 nitrogen and oxygen atoms in total. The molecule has 3 aromatic rings. The van der Waals surface area contributed by atoms with Gasteiger partial charge in [0.2, 0.25) is 0 Å². The molecule has 1 aliphatic rings. The summed E-state index contributed by atoms with van der Waals surface area (Å²) in [6, 6.07) is 15.4. The number of aryl methyl sites for hydroxylation is 1. The molecule has 0 radical (unpaired) electrons. The van der Waals surface area contributed by atoms with Crippen molar-refractivity contribution >= 4 is 11.7 Å². The molecule has 0 aliphatic heterocycles. The van der Waals surface area contributed by atoms with Gasteiger partial charge in [-0.1, -0.05) is 36.4 Å². The number of benzene rings is 1. The Labute approximate surface area is 151 Å². The van der Waals surface area contributed by atoms with Crippen molar-refractivity contribution in [3.63, 3.8) is 0 Å². The largest absolute Gasteiger partial charge is 0.382 e. The van der Waals surface area contributed by atoms with Gasteiger partial charge in [-0.05, 0) is 43.4 Å². The highest BCUT2D eigenvalue weighted by atomic mass is 16.2. The molecular weight excluding hydrogens is 326 g/mol. The number of aromatic nitrogens is 3. The number of rotatable bonds is 5. The first-order valence-electron chi connectivity index (χ1n) is 8.77. The Morgan fingerprint density at radius 1 is 1.19 bits per heavy atom. The Bertz CT molecular complexity index is 930. The molecule has 1 atom stereocenters. The van der Waals surface area contributed by atoms with Gasteiger partial charge in [0.15, 0.2) is 5.82 Å². The minimum atomic E-state index is -0.215. The maximum absolute atomic E-state index is 13.0. The number of H-pyrrole nitrogens is 1. The van der Waals surface area contributed by atoms with E-state index in [1.54, 1.807) is 0 Å². The highest BCUT2D eigenvalue weighted by Crippen LogP contribution is 2.41. The van der Waals surface area contributed by atoms with Crippen molar-refractivity contribution in [1.82, 2.24) is 20.5 Å². The molecule has 4 N–H and O–H groups in total. The SMILES string of the molecule is Cc1cccc([C@H](NC(=O)c2[nH]nc(N)c2-c2ccccc2)C2CC2)n1. The van der Waals surface area contributed by atoms with Crippen molar-refractivity contribution in [1.29, 1.82) is 0 Å². The maximum atomic E-state index is 13.0. The van der Waals surface area contributed by atoms with Crippen molar-refractivity contribution in [2.45, 2.75) is 25.8 Å². The van der Waals surface area contributed by atoms with E-state index in [4.69, 9.17) is 5.73 Å². The van der Waals surface area contributed by atoms with E-state index >= 15 is 0 Å². The zero-order valence-corrected chi connectivity index (χ0v) is 14.6. The number of hydrogen-bond acceptors (Lipinski definition) is 4. The van der Waals surface area contributed by atoms with Crippen LogP contribution in [0.15, 0.2) is 48.5 Å². The topological polar surface area (TPSA) is 96.7 Å². The summed E-state index contributed by atoms with van der Waals surface area (Å²) in [7, 11) is 0. The molecule has 1 amide bonds. The molecule has 132 valence electrons. The van der Waals surface area contributed by atoms with Gasteiger partial charge in [-0.3, -0.25) is 14.9 Å². The lowest BCUT2D eigenvalue weighted by Gasteiger charge is -2.18. The molecule has 6 heteroatoms. The molecule has 1 fully saturated rings. The fourth-order valence-corrected chi connectivity index (χ4v) is 3.23. The second-order valence-corrected chi connectivity index (χ2v) is 6.72. The molecule has 0 saturated heterocycles. The number of anilines is 1. The maximum Gasteiger partial charge on any atom is 0.270 e. The Morgan fingerprint density at radius 3 is 2.65 bits per heavy atom. The second kappa shape index (κ2) is 6.63. The number of nitrogens with two attached hydrogens (primary N) is 1. The van der Waals surface area contributed by atoms with Gasteiger partial charge in [-0.25, -0.2) is 0 Å². The van der Waals surface area contributed by atoms with Crippen molar-refractivity contribution in [3.05, 3.63) is 65.6 Å². The number of nitrogen functional groups attached to an aromatic ring is 1. The third kappa shape index (κ3) is 3.18. The monoisotopic (exact) mass is 347 g/mol. The Balaban J connectivity index is 1.64. The van der Waals surface area contributed by atoms with E-state index in [1.165, 1.54) is 0 Å². The number of carbonyl (C=O) groups excluding carboxylic acids is 1. The van der Waals surface area contributed by atoms with E-state index in [1.807, 2.05) is 55.5 Å². The van der Waals surface area contributed by atoms with Crippen LogP contribution in [0.5, 0.6) is 0 Å². The van der Waals surface area contributed by atoms with Crippen LogP contribution in [0.3, 0.4) is 0 Å². The van der Waals surface area contributed by atoms with Crippen molar-refractivity contribution in [3.8, 4) is 11.1 Å². The number of hydrogen-bond donors (Lipinski definition) is 3. The summed E-state index contributed by atoms with van der Waals surface area (Å²) in [6.07, 6.45) is 2.19. The molecule has 2 heterocycles. The zero-order chi connectivity index (χ0) is 18.1. The summed E-state index contributed by atoms with van der Waals surface area (Å²) in [5.74, 6) is 0.528. The minimum absolute atomic E-state index is 0.101. The summed E-state index contributed by atoms with van der Waals surface area (Å²) in [6.45, 7) is 1.96. The molecule has 1 saturated carbocycles. The Hall–Kier alpha value is -3.15. The summed E-state index contributed by atoms with van der Waals surface area (Å²) in [5.41, 5.74) is 9.73. The van der Waals surface area contributed by atoms with Crippen LogP contribution >= 0.6 is 0 Å². The van der Waals surface area contributed by atoms with Crippen LogP contribution in [-0.4, -0.2) is 21.1 Å². The average Bonchev–Trinajstić information content (AvgIpc) is 3.41. The molecule has 26 heavy (non-hydrogen) atoms. The van der Waals surface area contributed by atoms with Crippen molar-refractivity contribution in [2.75, 3.05) is 5.73 Å². The van der Waals surface area contributed by atoms with Gasteiger partial charge >= 0.3 is 0 Å². The van der Waals surface area contributed by atoms with E-state index in [0.717, 1.165) is 29.8 Å². The lowest BCUT2D eigenvalue weighted by atomic mass is 10.0. The van der Waals surface area contributed by atoms with Gasteiger partial charge in [0, 0.05) is 5.69 Å². The second-order valence-electron chi connectivity index (χ2n) is 6.72. The van der Waals surface area contributed by atoms with Crippen molar-refractivity contribution < 1.29 is 4.79 Å². The number of nitrogens with one attached hydrogen (secondary N) is 2.